The smallest absolute Gasteiger partial charge is 0.269 e. The van der Waals surface area contributed by atoms with Gasteiger partial charge in [-0.25, -0.2) is 0 Å². The molecule has 0 bridgehead atoms. The summed E-state index contributed by atoms with van der Waals surface area (Å²) in [5.74, 6) is 0. The van der Waals surface area contributed by atoms with Crippen molar-refractivity contribution < 1.29 is 4.92 Å². The molecule has 0 aliphatic rings. The lowest BCUT2D eigenvalue weighted by Crippen LogP contribution is -2.20. The first kappa shape index (κ1) is 15.5. The molecule has 4 nitrogen and oxygen atoms in total. The van der Waals surface area contributed by atoms with Gasteiger partial charge in [0.2, 0.25) is 0 Å². The van der Waals surface area contributed by atoms with Crippen molar-refractivity contribution in [3.8, 4) is 0 Å². The fourth-order valence-corrected chi connectivity index (χ4v) is 2.45. The zero-order chi connectivity index (χ0) is 15.2. The quantitative estimate of drug-likeness (QED) is 0.632. The fraction of sp³-hybridized carbons (Fsp3) is 0.250. The van der Waals surface area contributed by atoms with Gasteiger partial charge in [0.05, 0.1) is 4.92 Å². The second-order valence-corrected chi connectivity index (χ2v) is 5.26. The minimum absolute atomic E-state index is 0.0730. The van der Waals surface area contributed by atoms with E-state index in [2.05, 4.69) is 12.2 Å². The summed E-state index contributed by atoms with van der Waals surface area (Å²) in [7, 11) is 0. The third-order valence-corrected chi connectivity index (χ3v) is 3.57. The molecule has 0 heterocycles. The molecule has 0 saturated carbocycles. The predicted molar refractivity (Wildman–Crippen MR) is 84.4 cm³/mol. The lowest BCUT2D eigenvalue weighted by molar-refractivity contribution is -0.384. The Morgan fingerprint density at radius 2 is 2.00 bits per heavy atom. The van der Waals surface area contributed by atoms with Gasteiger partial charge < -0.3 is 5.32 Å². The number of rotatable bonds is 6. The van der Waals surface area contributed by atoms with E-state index in [1.807, 2.05) is 30.3 Å². The van der Waals surface area contributed by atoms with E-state index in [0.29, 0.717) is 11.6 Å². The van der Waals surface area contributed by atoms with Crippen LogP contribution in [0.4, 0.5) is 5.69 Å². The molecule has 0 aliphatic carbocycles. The Labute approximate surface area is 128 Å². The average molecular weight is 305 g/mol. The molecule has 0 radical (unpaired) electrons. The largest absolute Gasteiger partial charge is 0.306 e. The molecule has 21 heavy (non-hydrogen) atoms. The lowest BCUT2D eigenvalue weighted by atomic mass is 10.0. The minimum atomic E-state index is -0.368. The van der Waals surface area contributed by atoms with Crippen molar-refractivity contribution in [2.45, 2.75) is 25.9 Å². The van der Waals surface area contributed by atoms with Crippen molar-refractivity contribution in [1.82, 2.24) is 5.32 Å². The number of non-ortho nitro benzene ring substituents is 1. The standard InChI is InChI=1S/C16H17ClN2O2/c1-2-16(13-6-4-8-15(10-13)19(20)21)18-11-12-5-3-7-14(17)9-12/h3-10,16,18H,2,11H2,1H3. The van der Waals surface area contributed by atoms with Crippen LogP contribution in [-0.2, 0) is 6.54 Å². The van der Waals surface area contributed by atoms with Crippen LogP contribution < -0.4 is 5.32 Å². The lowest BCUT2D eigenvalue weighted by Gasteiger charge is -2.17. The summed E-state index contributed by atoms with van der Waals surface area (Å²) >= 11 is 5.96. The molecular formula is C16H17ClN2O2. The highest BCUT2D eigenvalue weighted by Gasteiger charge is 2.13. The van der Waals surface area contributed by atoms with Crippen molar-refractivity contribution in [3.63, 3.8) is 0 Å². The van der Waals surface area contributed by atoms with Gasteiger partial charge >= 0.3 is 0 Å². The van der Waals surface area contributed by atoms with Crippen LogP contribution in [0.1, 0.15) is 30.5 Å². The normalized spacial score (nSPS) is 12.1. The van der Waals surface area contributed by atoms with E-state index in [1.165, 1.54) is 6.07 Å². The molecule has 1 unspecified atom stereocenters. The Bertz CT molecular complexity index is 631. The van der Waals surface area contributed by atoms with Crippen LogP contribution in [0.2, 0.25) is 5.02 Å². The van der Waals surface area contributed by atoms with E-state index in [0.717, 1.165) is 17.5 Å². The number of nitrogens with one attached hydrogen (secondary N) is 1. The number of nitro benzene ring substituents is 1. The number of hydrogen-bond donors (Lipinski definition) is 1. The summed E-state index contributed by atoms with van der Waals surface area (Å²) in [6.45, 7) is 2.72. The minimum Gasteiger partial charge on any atom is -0.306 e. The summed E-state index contributed by atoms with van der Waals surface area (Å²) < 4.78 is 0. The molecule has 0 spiro atoms. The van der Waals surface area contributed by atoms with Gasteiger partial charge in [-0.1, -0.05) is 42.8 Å². The Hall–Kier alpha value is -1.91. The maximum atomic E-state index is 10.9. The molecule has 2 aromatic rings. The molecule has 1 atom stereocenters. The van der Waals surface area contributed by atoms with Crippen molar-refractivity contribution in [2.24, 2.45) is 0 Å². The van der Waals surface area contributed by atoms with Crippen LogP contribution in [0.5, 0.6) is 0 Å². The second kappa shape index (κ2) is 7.20. The van der Waals surface area contributed by atoms with E-state index >= 15 is 0 Å². The summed E-state index contributed by atoms with van der Waals surface area (Å²) in [6, 6.07) is 14.5. The molecule has 5 heteroatoms. The van der Waals surface area contributed by atoms with Crippen molar-refractivity contribution in [2.75, 3.05) is 0 Å². The van der Waals surface area contributed by atoms with Crippen LogP contribution in [0, 0.1) is 10.1 Å². The highest BCUT2D eigenvalue weighted by atomic mass is 35.5. The van der Waals surface area contributed by atoms with Crippen molar-refractivity contribution in [1.29, 1.82) is 0 Å². The van der Waals surface area contributed by atoms with Crippen LogP contribution in [0.15, 0.2) is 48.5 Å². The number of nitrogens with zero attached hydrogens (tertiary/aromatic N) is 1. The van der Waals surface area contributed by atoms with Gasteiger partial charge in [0.15, 0.2) is 0 Å². The fourth-order valence-electron chi connectivity index (χ4n) is 2.24. The Balaban J connectivity index is 2.09. The number of halogens is 1. The zero-order valence-corrected chi connectivity index (χ0v) is 12.5. The molecule has 0 aliphatic heterocycles. The highest BCUT2D eigenvalue weighted by molar-refractivity contribution is 6.30. The number of hydrogen-bond acceptors (Lipinski definition) is 3. The van der Waals surface area contributed by atoms with E-state index in [9.17, 15) is 10.1 Å². The molecule has 0 fully saturated rings. The average Bonchev–Trinajstić information content (AvgIpc) is 2.48. The molecule has 110 valence electrons. The number of benzene rings is 2. The Morgan fingerprint density at radius 3 is 2.67 bits per heavy atom. The predicted octanol–water partition coefficient (Wildman–Crippen LogP) is 4.49. The zero-order valence-electron chi connectivity index (χ0n) is 11.8. The first-order valence-corrected chi connectivity index (χ1v) is 7.20. The molecule has 1 N–H and O–H groups in total. The summed E-state index contributed by atoms with van der Waals surface area (Å²) in [4.78, 5) is 10.5. The van der Waals surface area contributed by atoms with Gasteiger partial charge in [-0.05, 0) is 29.7 Å². The van der Waals surface area contributed by atoms with E-state index in [4.69, 9.17) is 11.6 Å². The molecular weight excluding hydrogens is 288 g/mol. The third kappa shape index (κ3) is 4.28. The van der Waals surface area contributed by atoms with Crippen LogP contribution >= 0.6 is 11.6 Å². The SMILES string of the molecule is CCC(NCc1cccc(Cl)c1)c1cccc([N+](=O)[O-])c1. The molecule has 0 saturated heterocycles. The van der Waals surface area contributed by atoms with Crippen LogP contribution in [-0.4, -0.2) is 4.92 Å². The highest BCUT2D eigenvalue weighted by Crippen LogP contribution is 2.22. The first-order valence-electron chi connectivity index (χ1n) is 6.82. The van der Waals surface area contributed by atoms with E-state index in [-0.39, 0.29) is 16.7 Å². The van der Waals surface area contributed by atoms with Crippen molar-refractivity contribution >= 4 is 17.3 Å². The topological polar surface area (TPSA) is 55.2 Å². The molecule has 0 aromatic heterocycles. The van der Waals surface area contributed by atoms with Gasteiger partial charge in [-0.2, -0.15) is 0 Å². The Morgan fingerprint density at radius 1 is 1.24 bits per heavy atom. The van der Waals surface area contributed by atoms with Crippen LogP contribution in [0.25, 0.3) is 0 Å². The second-order valence-electron chi connectivity index (χ2n) is 4.82. The molecule has 2 rings (SSSR count). The first-order chi connectivity index (χ1) is 10.1. The van der Waals surface area contributed by atoms with Gasteiger partial charge in [-0.15, -0.1) is 0 Å². The van der Waals surface area contributed by atoms with Gasteiger partial charge in [0.25, 0.3) is 5.69 Å². The molecule has 0 amide bonds. The van der Waals surface area contributed by atoms with Crippen molar-refractivity contribution in [3.05, 3.63) is 74.8 Å². The maximum Gasteiger partial charge on any atom is 0.269 e. The van der Waals surface area contributed by atoms with Gasteiger partial charge in [-0.3, -0.25) is 10.1 Å². The van der Waals surface area contributed by atoms with Gasteiger partial charge in [0.1, 0.15) is 0 Å². The van der Waals surface area contributed by atoms with E-state index < -0.39 is 0 Å². The monoisotopic (exact) mass is 304 g/mol. The number of nitro groups is 1. The van der Waals surface area contributed by atoms with Crippen LogP contribution in [0.3, 0.4) is 0 Å². The van der Waals surface area contributed by atoms with Gasteiger partial charge in [0, 0.05) is 29.7 Å². The maximum absolute atomic E-state index is 10.9. The third-order valence-electron chi connectivity index (χ3n) is 3.33. The summed E-state index contributed by atoms with van der Waals surface area (Å²) in [6.07, 6.45) is 0.849. The Kier molecular flexibility index (Phi) is 5.31. The summed E-state index contributed by atoms with van der Waals surface area (Å²) in [5.41, 5.74) is 2.13. The molecule has 2 aromatic carbocycles. The van der Waals surface area contributed by atoms with E-state index in [1.54, 1.807) is 12.1 Å². The summed E-state index contributed by atoms with van der Waals surface area (Å²) in [5, 5.41) is 15.0.